The molecule has 4 rings (SSSR count). The summed E-state index contributed by atoms with van der Waals surface area (Å²) in [4.78, 5) is 14.6. The summed E-state index contributed by atoms with van der Waals surface area (Å²) in [6, 6.07) is 26.0. The maximum absolute atomic E-state index is 12.8. The van der Waals surface area contributed by atoms with E-state index in [1.165, 1.54) is 0 Å². The van der Waals surface area contributed by atoms with Gasteiger partial charge in [-0.1, -0.05) is 30.3 Å². The number of nitrogens with one attached hydrogen (secondary N) is 1. The van der Waals surface area contributed by atoms with Crippen LogP contribution in [-0.4, -0.2) is 35.2 Å². The quantitative estimate of drug-likeness (QED) is 0.560. The zero-order valence-corrected chi connectivity index (χ0v) is 17.6. The number of carbonyl (C=O) groups excluding carboxylic acids is 1. The molecule has 1 fully saturated rings. The Labute approximate surface area is 187 Å². The van der Waals surface area contributed by atoms with Crippen LogP contribution in [0.3, 0.4) is 0 Å². The fourth-order valence-corrected chi connectivity index (χ4v) is 3.89. The largest absolute Gasteiger partial charge is 0.457 e. The lowest BCUT2D eigenvalue weighted by atomic mass is 9.94. The van der Waals surface area contributed by atoms with Gasteiger partial charge >= 0.3 is 0 Å². The van der Waals surface area contributed by atoms with E-state index in [-0.39, 0.29) is 11.8 Å². The number of rotatable bonds is 6. The first-order chi connectivity index (χ1) is 15.6. The molecule has 0 radical (unpaired) electrons. The molecule has 1 unspecified atom stereocenters. The Bertz CT molecular complexity index is 1090. The summed E-state index contributed by atoms with van der Waals surface area (Å²) in [6.07, 6.45) is 0.660. The number of ether oxygens (including phenoxy) is 1. The number of hydrogen-bond acceptors (Lipinski definition) is 5. The van der Waals surface area contributed by atoms with Gasteiger partial charge < -0.3 is 20.1 Å². The summed E-state index contributed by atoms with van der Waals surface area (Å²) in [7, 11) is 0. The standard InChI is InChI=1S/C26H25N3O3/c27-18-20-6-4-5-9-24(20)26(31)29-16-14-19(15-17-29)25(30)28-21-10-12-23(13-11-21)32-22-7-2-1-3-8-22/h1-13,19,25,28,30H,14-17H2. The Kier molecular flexibility index (Phi) is 6.69. The monoisotopic (exact) mass is 427 g/mol. The first kappa shape index (κ1) is 21.4. The first-order valence-electron chi connectivity index (χ1n) is 10.7. The molecule has 162 valence electrons. The lowest BCUT2D eigenvalue weighted by Gasteiger charge is -2.34. The van der Waals surface area contributed by atoms with Gasteiger partial charge in [0.05, 0.1) is 17.2 Å². The van der Waals surface area contributed by atoms with Crippen molar-refractivity contribution >= 4 is 11.6 Å². The molecule has 32 heavy (non-hydrogen) atoms. The molecule has 2 N–H and O–H groups in total. The van der Waals surface area contributed by atoms with Gasteiger partial charge in [0.25, 0.3) is 5.91 Å². The molecule has 0 aromatic heterocycles. The van der Waals surface area contributed by atoms with Crippen LogP contribution in [0.15, 0.2) is 78.9 Å². The Hall–Kier alpha value is -3.82. The molecule has 1 amide bonds. The molecule has 3 aromatic rings. The zero-order valence-electron chi connectivity index (χ0n) is 17.6. The molecule has 1 aliphatic heterocycles. The number of likely N-dealkylation sites (tertiary alicyclic amines) is 1. The number of benzene rings is 3. The van der Waals surface area contributed by atoms with Crippen LogP contribution in [0.2, 0.25) is 0 Å². The molecule has 6 heteroatoms. The number of nitriles is 1. The van der Waals surface area contributed by atoms with Crippen molar-refractivity contribution in [2.24, 2.45) is 5.92 Å². The summed E-state index contributed by atoms with van der Waals surface area (Å²) < 4.78 is 5.79. The van der Waals surface area contributed by atoms with E-state index in [2.05, 4.69) is 11.4 Å². The van der Waals surface area contributed by atoms with Gasteiger partial charge in [0, 0.05) is 24.7 Å². The van der Waals surface area contributed by atoms with Gasteiger partial charge in [-0.05, 0) is 61.4 Å². The average molecular weight is 428 g/mol. The molecule has 0 aliphatic carbocycles. The van der Waals surface area contributed by atoms with E-state index in [0.29, 0.717) is 37.1 Å². The topological polar surface area (TPSA) is 85.6 Å². The van der Waals surface area contributed by atoms with Gasteiger partial charge in [-0.15, -0.1) is 0 Å². The van der Waals surface area contributed by atoms with E-state index in [1.807, 2.05) is 54.6 Å². The van der Waals surface area contributed by atoms with Crippen LogP contribution < -0.4 is 10.1 Å². The summed E-state index contributed by atoms with van der Waals surface area (Å²) in [5, 5.41) is 23.1. The first-order valence-corrected chi connectivity index (χ1v) is 10.7. The molecule has 1 atom stereocenters. The van der Waals surface area contributed by atoms with Crippen molar-refractivity contribution < 1.29 is 14.6 Å². The maximum Gasteiger partial charge on any atom is 0.255 e. The second kappa shape index (κ2) is 9.99. The minimum Gasteiger partial charge on any atom is -0.457 e. The van der Waals surface area contributed by atoms with Crippen molar-refractivity contribution in [3.05, 3.63) is 90.0 Å². The fraction of sp³-hybridized carbons (Fsp3) is 0.231. The fourth-order valence-electron chi connectivity index (χ4n) is 3.89. The van der Waals surface area contributed by atoms with Gasteiger partial charge in [-0.3, -0.25) is 4.79 Å². The molecular weight excluding hydrogens is 402 g/mol. The number of aliphatic hydroxyl groups is 1. The number of carbonyl (C=O) groups is 1. The van der Waals surface area contributed by atoms with E-state index in [4.69, 9.17) is 4.74 Å². The molecule has 1 heterocycles. The van der Waals surface area contributed by atoms with Crippen LogP contribution in [0.5, 0.6) is 11.5 Å². The van der Waals surface area contributed by atoms with E-state index in [0.717, 1.165) is 17.2 Å². The van der Waals surface area contributed by atoms with Crippen LogP contribution in [0.4, 0.5) is 5.69 Å². The van der Waals surface area contributed by atoms with E-state index in [1.54, 1.807) is 29.2 Å². The average Bonchev–Trinajstić information content (AvgIpc) is 2.85. The molecule has 0 saturated carbocycles. The van der Waals surface area contributed by atoms with Gasteiger partial charge in [0.2, 0.25) is 0 Å². The molecule has 3 aromatic carbocycles. The minimum absolute atomic E-state index is 0.0329. The predicted octanol–water partition coefficient (Wildman–Crippen LogP) is 4.63. The molecule has 1 aliphatic rings. The van der Waals surface area contributed by atoms with Crippen molar-refractivity contribution in [3.8, 4) is 17.6 Å². The summed E-state index contributed by atoms with van der Waals surface area (Å²) >= 11 is 0. The highest BCUT2D eigenvalue weighted by molar-refractivity contribution is 5.96. The van der Waals surface area contributed by atoms with Crippen molar-refractivity contribution in [1.82, 2.24) is 4.90 Å². The Morgan fingerprint density at radius 3 is 2.28 bits per heavy atom. The van der Waals surface area contributed by atoms with Gasteiger partial charge in [-0.25, -0.2) is 0 Å². The third kappa shape index (κ3) is 5.08. The molecule has 0 spiro atoms. The molecule has 1 saturated heterocycles. The van der Waals surface area contributed by atoms with Gasteiger partial charge in [0.15, 0.2) is 0 Å². The Balaban J connectivity index is 1.29. The molecule has 0 bridgehead atoms. The predicted molar refractivity (Wildman–Crippen MR) is 122 cm³/mol. The Morgan fingerprint density at radius 1 is 0.969 bits per heavy atom. The highest BCUT2D eigenvalue weighted by atomic mass is 16.5. The van der Waals surface area contributed by atoms with Crippen molar-refractivity contribution in [2.45, 2.75) is 19.1 Å². The van der Waals surface area contributed by atoms with Crippen molar-refractivity contribution in [3.63, 3.8) is 0 Å². The minimum atomic E-state index is -0.709. The van der Waals surface area contributed by atoms with E-state index in [9.17, 15) is 15.2 Å². The van der Waals surface area contributed by atoms with Crippen LogP contribution >= 0.6 is 0 Å². The Morgan fingerprint density at radius 2 is 1.59 bits per heavy atom. The number of nitrogens with zero attached hydrogens (tertiary/aromatic N) is 2. The lowest BCUT2D eigenvalue weighted by molar-refractivity contribution is 0.0542. The normalized spacial score (nSPS) is 14.9. The van der Waals surface area contributed by atoms with Gasteiger partial charge in [0.1, 0.15) is 17.7 Å². The van der Waals surface area contributed by atoms with Crippen LogP contribution in [0, 0.1) is 17.2 Å². The van der Waals surface area contributed by atoms with E-state index < -0.39 is 6.23 Å². The zero-order chi connectivity index (χ0) is 22.3. The lowest BCUT2D eigenvalue weighted by Crippen LogP contribution is -2.43. The van der Waals surface area contributed by atoms with Crippen LogP contribution in [0.1, 0.15) is 28.8 Å². The third-order valence-corrected chi connectivity index (χ3v) is 5.70. The summed E-state index contributed by atoms with van der Waals surface area (Å²) in [6.45, 7) is 1.09. The number of hydrogen-bond donors (Lipinski definition) is 2. The summed E-state index contributed by atoms with van der Waals surface area (Å²) in [5.74, 6) is 1.40. The second-order valence-corrected chi connectivity index (χ2v) is 7.82. The highest BCUT2D eigenvalue weighted by Crippen LogP contribution is 2.26. The van der Waals surface area contributed by atoms with Crippen molar-refractivity contribution in [2.75, 3.05) is 18.4 Å². The highest BCUT2D eigenvalue weighted by Gasteiger charge is 2.28. The van der Waals surface area contributed by atoms with Gasteiger partial charge in [-0.2, -0.15) is 5.26 Å². The number of para-hydroxylation sites is 1. The van der Waals surface area contributed by atoms with Crippen LogP contribution in [-0.2, 0) is 0 Å². The smallest absolute Gasteiger partial charge is 0.255 e. The van der Waals surface area contributed by atoms with E-state index >= 15 is 0 Å². The maximum atomic E-state index is 12.8. The number of amides is 1. The third-order valence-electron chi connectivity index (χ3n) is 5.70. The summed E-state index contributed by atoms with van der Waals surface area (Å²) in [5.41, 5.74) is 1.63. The number of aliphatic hydroxyl groups excluding tert-OH is 1. The molecule has 6 nitrogen and oxygen atoms in total. The number of piperidine rings is 1. The SMILES string of the molecule is N#Cc1ccccc1C(=O)N1CCC(C(O)Nc2ccc(Oc3ccccc3)cc2)CC1. The van der Waals surface area contributed by atoms with Crippen LogP contribution in [0.25, 0.3) is 0 Å². The molecular formula is C26H25N3O3. The number of anilines is 1. The van der Waals surface area contributed by atoms with Crippen molar-refractivity contribution in [1.29, 1.82) is 5.26 Å². The second-order valence-electron chi connectivity index (χ2n) is 7.82.